The van der Waals surface area contributed by atoms with E-state index in [-0.39, 0.29) is 23.4 Å². The molecule has 3 aromatic carbocycles. The number of pyridine rings is 1. The summed E-state index contributed by atoms with van der Waals surface area (Å²) < 4.78 is 20.0. The van der Waals surface area contributed by atoms with E-state index in [1.54, 1.807) is 24.3 Å². The largest absolute Gasteiger partial charge is 0.506 e. The Labute approximate surface area is 203 Å². The zero-order valence-corrected chi connectivity index (χ0v) is 19.6. The molecule has 5 aromatic rings. The topological polar surface area (TPSA) is 59.2 Å². The Bertz CT molecular complexity index is 1480. The minimum absolute atomic E-state index is 0.0248. The molecule has 2 heterocycles. The third kappa shape index (κ3) is 4.71. The zero-order valence-electron chi connectivity index (χ0n) is 19.6. The van der Waals surface area contributed by atoms with Gasteiger partial charge in [-0.2, -0.15) is 0 Å². The van der Waals surface area contributed by atoms with Crippen molar-refractivity contribution in [3.8, 4) is 39.5 Å². The molecule has 0 bridgehead atoms. The lowest BCUT2D eigenvalue weighted by Gasteiger charge is -2.16. The van der Waals surface area contributed by atoms with Crippen molar-refractivity contribution in [3.63, 3.8) is 0 Å². The van der Waals surface area contributed by atoms with Crippen molar-refractivity contribution >= 4 is 0 Å². The molecular formula is C30H25FN2O2. The van der Waals surface area contributed by atoms with Crippen LogP contribution in [0.5, 0.6) is 5.75 Å². The molecule has 174 valence electrons. The minimum Gasteiger partial charge on any atom is -0.506 e. The maximum Gasteiger partial charge on any atom is 0.229 e. The van der Waals surface area contributed by atoms with E-state index < -0.39 is 0 Å². The van der Waals surface area contributed by atoms with Crippen LogP contribution in [0.2, 0.25) is 0 Å². The lowest BCUT2D eigenvalue weighted by Crippen LogP contribution is -2.05. The molecule has 0 saturated heterocycles. The molecule has 0 radical (unpaired) electrons. The summed E-state index contributed by atoms with van der Waals surface area (Å²) in [6, 6.07) is 26.6. The molecule has 5 heteroatoms. The molecule has 0 spiro atoms. The molecule has 0 aliphatic carbocycles. The molecule has 0 saturated carbocycles. The SMILES string of the molecule is Cc1oc(-c2ccccc2F)nc1CC(C)c1ncc(O)cc1-c1cccc(-c2ccccc2)c1. The summed E-state index contributed by atoms with van der Waals surface area (Å²) in [6.45, 7) is 3.91. The van der Waals surface area contributed by atoms with Crippen molar-refractivity contribution in [1.82, 2.24) is 9.97 Å². The summed E-state index contributed by atoms with van der Waals surface area (Å²) in [7, 11) is 0. The van der Waals surface area contributed by atoms with Crippen molar-refractivity contribution in [2.45, 2.75) is 26.2 Å². The Kier molecular flexibility index (Phi) is 6.15. The predicted molar refractivity (Wildman–Crippen MR) is 136 cm³/mol. The minimum atomic E-state index is -0.367. The zero-order chi connectivity index (χ0) is 24.4. The highest BCUT2D eigenvalue weighted by Gasteiger charge is 2.21. The molecule has 0 aliphatic rings. The van der Waals surface area contributed by atoms with Gasteiger partial charge in [0, 0.05) is 17.9 Å². The number of oxazole rings is 1. The van der Waals surface area contributed by atoms with Crippen LogP contribution in [0.25, 0.3) is 33.7 Å². The molecular weight excluding hydrogens is 439 g/mol. The van der Waals surface area contributed by atoms with E-state index >= 15 is 0 Å². The second kappa shape index (κ2) is 9.55. The number of hydrogen-bond acceptors (Lipinski definition) is 4. The summed E-state index contributed by atoms with van der Waals surface area (Å²) in [4.78, 5) is 9.19. The standard InChI is InChI=1S/C30H25FN2O2/c1-19(15-28-20(2)35-30(33-28)25-13-6-7-14-27(25)31)29-26(17-24(34)18-32-29)23-12-8-11-22(16-23)21-9-4-3-5-10-21/h3-14,16-19,34H,15H2,1-2H3. The Morgan fingerprint density at radius 2 is 1.57 bits per heavy atom. The van der Waals surface area contributed by atoms with E-state index in [4.69, 9.17) is 4.42 Å². The van der Waals surface area contributed by atoms with Gasteiger partial charge in [0.2, 0.25) is 5.89 Å². The lowest BCUT2D eigenvalue weighted by atomic mass is 9.91. The van der Waals surface area contributed by atoms with E-state index in [0.717, 1.165) is 33.6 Å². The number of benzene rings is 3. The highest BCUT2D eigenvalue weighted by atomic mass is 19.1. The fraction of sp³-hybridized carbons (Fsp3) is 0.133. The van der Waals surface area contributed by atoms with Crippen LogP contribution in [0.4, 0.5) is 4.39 Å². The van der Waals surface area contributed by atoms with Gasteiger partial charge in [0.1, 0.15) is 17.3 Å². The van der Waals surface area contributed by atoms with Gasteiger partial charge < -0.3 is 9.52 Å². The van der Waals surface area contributed by atoms with Gasteiger partial charge in [0.05, 0.1) is 23.1 Å². The Morgan fingerprint density at radius 3 is 2.37 bits per heavy atom. The van der Waals surface area contributed by atoms with Gasteiger partial charge in [0.15, 0.2) is 0 Å². The van der Waals surface area contributed by atoms with Crippen molar-refractivity contribution in [2.75, 3.05) is 0 Å². The van der Waals surface area contributed by atoms with Gasteiger partial charge in [0.25, 0.3) is 0 Å². The van der Waals surface area contributed by atoms with Gasteiger partial charge in [-0.25, -0.2) is 9.37 Å². The lowest BCUT2D eigenvalue weighted by molar-refractivity contribution is 0.472. The Morgan fingerprint density at radius 1 is 0.857 bits per heavy atom. The maximum atomic E-state index is 14.2. The van der Waals surface area contributed by atoms with Crippen LogP contribution in [0.1, 0.15) is 30.0 Å². The second-order valence-corrected chi connectivity index (χ2v) is 8.68. The van der Waals surface area contributed by atoms with Crippen LogP contribution in [0, 0.1) is 12.7 Å². The molecule has 0 amide bonds. The van der Waals surface area contributed by atoms with Crippen molar-refractivity contribution in [1.29, 1.82) is 0 Å². The van der Waals surface area contributed by atoms with E-state index in [1.165, 1.54) is 12.3 Å². The van der Waals surface area contributed by atoms with Gasteiger partial charge in [-0.05, 0) is 47.9 Å². The van der Waals surface area contributed by atoms with Crippen LogP contribution in [-0.2, 0) is 6.42 Å². The van der Waals surface area contributed by atoms with E-state index in [9.17, 15) is 9.50 Å². The Balaban J connectivity index is 1.48. The fourth-order valence-electron chi connectivity index (χ4n) is 4.34. The summed E-state index contributed by atoms with van der Waals surface area (Å²) in [5.41, 5.74) is 6.00. The Hall–Kier alpha value is -4.25. The number of aromatic nitrogens is 2. The van der Waals surface area contributed by atoms with E-state index in [0.29, 0.717) is 17.7 Å². The normalized spacial score (nSPS) is 12.0. The fourth-order valence-corrected chi connectivity index (χ4v) is 4.34. The molecule has 35 heavy (non-hydrogen) atoms. The highest BCUT2D eigenvalue weighted by molar-refractivity contribution is 5.75. The molecule has 0 aliphatic heterocycles. The number of nitrogens with zero attached hydrogens (tertiary/aromatic N) is 2. The monoisotopic (exact) mass is 464 g/mol. The average Bonchev–Trinajstić information content (AvgIpc) is 3.24. The third-order valence-electron chi connectivity index (χ3n) is 6.15. The first-order valence-corrected chi connectivity index (χ1v) is 11.6. The van der Waals surface area contributed by atoms with Crippen molar-refractivity contribution < 1.29 is 13.9 Å². The third-order valence-corrected chi connectivity index (χ3v) is 6.15. The van der Waals surface area contributed by atoms with Crippen LogP contribution < -0.4 is 0 Å². The summed E-state index contributed by atoms with van der Waals surface area (Å²) in [5.74, 6) is 0.650. The van der Waals surface area contributed by atoms with Crippen LogP contribution in [-0.4, -0.2) is 15.1 Å². The number of halogens is 1. The second-order valence-electron chi connectivity index (χ2n) is 8.68. The number of rotatable bonds is 6. The maximum absolute atomic E-state index is 14.2. The first-order valence-electron chi connectivity index (χ1n) is 11.6. The molecule has 2 aromatic heterocycles. The van der Waals surface area contributed by atoms with E-state index in [1.807, 2.05) is 37.3 Å². The van der Waals surface area contributed by atoms with Crippen LogP contribution in [0.15, 0.2) is 95.5 Å². The van der Waals surface area contributed by atoms with Crippen molar-refractivity contribution in [2.24, 2.45) is 0 Å². The summed E-state index contributed by atoms with van der Waals surface area (Å²) >= 11 is 0. The predicted octanol–water partition coefficient (Wildman–Crippen LogP) is 7.57. The average molecular weight is 465 g/mol. The quantitative estimate of drug-likeness (QED) is 0.281. The summed E-state index contributed by atoms with van der Waals surface area (Å²) in [6.07, 6.45) is 2.03. The van der Waals surface area contributed by atoms with Crippen LogP contribution in [0.3, 0.4) is 0 Å². The van der Waals surface area contributed by atoms with E-state index in [2.05, 4.69) is 41.2 Å². The number of hydrogen-bond donors (Lipinski definition) is 1. The van der Waals surface area contributed by atoms with Crippen LogP contribution >= 0.6 is 0 Å². The molecule has 0 fully saturated rings. The van der Waals surface area contributed by atoms with Gasteiger partial charge in [-0.1, -0.05) is 67.6 Å². The molecule has 1 N–H and O–H groups in total. The van der Waals surface area contributed by atoms with Crippen molar-refractivity contribution in [3.05, 3.63) is 114 Å². The first-order chi connectivity index (χ1) is 17.0. The van der Waals surface area contributed by atoms with Gasteiger partial charge >= 0.3 is 0 Å². The summed E-state index contributed by atoms with van der Waals surface area (Å²) in [5, 5.41) is 10.2. The number of aromatic hydroxyl groups is 1. The highest BCUT2D eigenvalue weighted by Crippen LogP contribution is 2.35. The number of aryl methyl sites for hydroxylation is 1. The first kappa shape index (κ1) is 22.5. The van der Waals surface area contributed by atoms with Gasteiger partial charge in [-0.15, -0.1) is 0 Å². The van der Waals surface area contributed by atoms with Gasteiger partial charge in [-0.3, -0.25) is 4.98 Å². The smallest absolute Gasteiger partial charge is 0.229 e. The molecule has 4 nitrogen and oxygen atoms in total. The molecule has 5 rings (SSSR count). The molecule has 1 unspecified atom stereocenters. The molecule has 1 atom stereocenters.